The predicted molar refractivity (Wildman–Crippen MR) is 68.5 cm³/mol. The van der Waals surface area contributed by atoms with Crippen LogP contribution in [0.25, 0.3) is 11.1 Å². The summed E-state index contributed by atoms with van der Waals surface area (Å²) in [5, 5.41) is 9.05. The van der Waals surface area contributed by atoms with Crippen LogP contribution in [0.15, 0.2) is 29.1 Å². The molecule has 0 radical (unpaired) electrons. The number of aromatic nitrogens is 1. The van der Waals surface area contributed by atoms with Gasteiger partial charge < -0.3 is 9.72 Å². The number of aromatic amines is 1. The van der Waals surface area contributed by atoms with Crippen LogP contribution < -0.4 is 10.3 Å². The third kappa shape index (κ3) is 2.47. The Bertz CT molecular complexity index is 729. The predicted octanol–water partition coefficient (Wildman–Crippen LogP) is 2.37. The molecule has 5 heteroatoms. The molecule has 1 N–H and O–H groups in total. The summed E-state index contributed by atoms with van der Waals surface area (Å²) in [4.78, 5) is 14.2. The van der Waals surface area contributed by atoms with E-state index in [0.29, 0.717) is 22.6 Å². The Morgan fingerprint density at radius 3 is 2.68 bits per heavy atom. The van der Waals surface area contributed by atoms with E-state index in [2.05, 4.69) is 4.98 Å². The molecule has 0 bridgehead atoms. The van der Waals surface area contributed by atoms with Gasteiger partial charge in [0.05, 0.1) is 7.11 Å². The third-order valence-electron chi connectivity index (χ3n) is 2.70. The van der Waals surface area contributed by atoms with Crippen molar-refractivity contribution < 1.29 is 9.13 Å². The number of pyridine rings is 1. The molecule has 1 aromatic carbocycles. The lowest BCUT2D eigenvalue weighted by atomic mass is 10.0. The molecule has 2 rings (SSSR count). The van der Waals surface area contributed by atoms with Crippen molar-refractivity contribution in [2.24, 2.45) is 0 Å². The van der Waals surface area contributed by atoms with Gasteiger partial charge in [0.15, 0.2) is 0 Å². The first-order chi connectivity index (χ1) is 9.05. The van der Waals surface area contributed by atoms with Gasteiger partial charge in [0, 0.05) is 17.3 Å². The zero-order chi connectivity index (χ0) is 14.0. The smallest absolute Gasteiger partial charge is 0.266 e. The fourth-order valence-corrected chi connectivity index (χ4v) is 1.86. The molecule has 0 fully saturated rings. The summed E-state index contributed by atoms with van der Waals surface area (Å²) in [6, 6.07) is 7.55. The average Bonchev–Trinajstić information content (AvgIpc) is 2.37. The summed E-state index contributed by atoms with van der Waals surface area (Å²) < 4.78 is 18.5. The first-order valence-electron chi connectivity index (χ1n) is 5.54. The van der Waals surface area contributed by atoms with E-state index in [-0.39, 0.29) is 5.56 Å². The van der Waals surface area contributed by atoms with E-state index in [1.807, 2.05) is 6.07 Å². The number of nitrogens with zero attached hydrogens (tertiary/aromatic N) is 1. The number of halogens is 1. The van der Waals surface area contributed by atoms with E-state index < -0.39 is 11.4 Å². The lowest BCUT2D eigenvalue weighted by Crippen LogP contribution is -2.12. The summed E-state index contributed by atoms with van der Waals surface area (Å²) in [6.07, 6.45) is 0. The summed E-state index contributed by atoms with van der Waals surface area (Å²) in [5.41, 5.74) is 0.894. The number of nitrogens with one attached hydrogen (secondary N) is 1. The fraction of sp³-hybridized carbons (Fsp3) is 0.143. The summed E-state index contributed by atoms with van der Waals surface area (Å²) in [7, 11) is 1.42. The molecular formula is C14H11FN2O2. The Morgan fingerprint density at radius 1 is 1.32 bits per heavy atom. The molecule has 0 spiro atoms. The van der Waals surface area contributed by atoms with Crippen LogP contribution in [-0.2, 0) is 0 Å². The quantitative estimate of drug-likeness (QED) is 0.899. The van der Waals surface area contributed by atoms with Gasteiger partial charge in [0.1, 0.15) is 23.2 Å². The highest BCUT2D eigenvalue weighted by molar-refractivity contribution is 5.71. The van der Waals surface area contributed by atoms with Crippen molar-refractivity contribution in [2.45, 2.75) is 6.92 Å². The highest BCUT2D eigenvalue weighted by atomic mass is 19.1. The Hall–Kier alpha value is -2.61. The minimum absolute atomic E-state index is 0.0433. The maximum atomic E-state index is 13.5. The number of ether oxygens (including phenoxy) is 1. The van der Waals surface area contributed by atoms with Crippen molar-refractivity contribution in [3.05, 3.63) is 51.7 Å². The number of rotatable bonds is 2. The largest absolute Gasteiger partial charge is 0.497 e. The van der Waals surface area contributed by atoms with E-state index in [9.17, 15) is 9.18 Å². The fourth-order valence-electron chi connectivity index (χ4n) is 1.86. The first-order valence-corrected chi connectivity index (χ1v) is 5.54. The summed E-state index contributed by atoms with van der Waals surface area (Å²) >= 11 is 0. The van der Waals surface area contributed by atoms with Crippen LogP contribution >= 0.6 is 0 Å². The van der Waals surface area contributed by atoms with E-state index in [1.54, 1.807) is 19.1 Å². The minimum atomic E-state index is -0.490. The van der Waals surface area contributed by atoms with Crippen molar-refractivity contribution in [1.82, 2.24) is 4.98 Å². The molecule has 96 valence electrons. The van der Waals surface area contributed by atoms with Crippen LogP contribution in [0.1, 0.15) is 11.3 Å². The second kappa shape index (κ2) is 4.94. The normalized spacial score (nSPS) is 10.0. The van der Waals surface area contributed by atoms with E-state index in [1.165, 1.54) is 19.2 Å². The van der Waals surface area contributed by atoms with Crippen LogP contribution in [-0.4, -0.2) is 12.1 Å². The number of nitriles is 1. The van der Waals surface area contributed by atoms with Gasteiger partial charge in [0.25, 0.3) is 5.56 Å². The molecule has 4 nitrogen and oxygen atoms in total. The van der Waals surface area contributed by atoms with Crippen molar-refractivity contribution in [1.29, 1.82) is 5.26 Å². The second-order valence-electron chi connectivity index (χ2n) is 4.06. The maximum absolute atomic E-state index is 13.5. The van der Waals surface area contributed by atoms with Gasteiger partial charge in [0.2, 0.25) is 0 Å². The van der Waals surface area contributed by atoms with E-state index >= 15 is 0 Å². The number of methoxy groups -OCH3 is 1. The van der Waals surface area contributed by atoms with Crippen molar-refractivity contribution in [3.8, 4) is 22.9 Å². The topological polar surface area (TPSA) is 65.9 Å². The van der Waals surface area contributed by atoms with Crippen LogP contribution in [0.2, 0.25) is 0 Å². The molecule has 2 aromatic rings. The van der Waals surface area contributed by atoms with Gasteiger partial charge >= 0.3 is 0 Å². The second-order valence-corrected chi connectivity index (χ2v) is 4.06. The van der Waals surface area contributed by atoms with Gasteiger partial charge in [-0.15, -0.1) is 0 Å². The van der Waals surface area contributed by atoms with Gasteiger partial charge in [-0.1, -0.05) is 0 Å². The molecule has 0 atom stereocenters. The Kier molecular flexibility index (Phi) is 3.34. The number of benzene rings is 1. The number of hydrogen-bond donors (Lipinski definition) is 1. The Balaban J connectivity index is 2.75. The number of hydrogen-bond acceptors (Lipinski definition) is 3. The molecule has 0 aliphatic heterocycles. The lowest BCUT2D eigenvalue weighted by molar-refractivity contribution is 0.411. The molecular weight excluding hydrogens is 247 g/mol. The zero-order valence-corrected chi connectivity index (χ0v) is 10.5. The van der Waals surface area contributed by atoms with Crippen molar-refractivity contribution >= 4 is 0 Å². The molecule has 0 unspecified atom stereocenters. The van der Waals surface area contributed by atoms with Gasteiger partial charge in [-0.3, -0.25) is 4.79 Å². The molecule has 0 aliphatic rings. The zero-order valence-electron chi connectivity index (χ0n) is 10.5. The summed E-state index contributed by atoms with van der Waals surface area (Å²) in [6.45, 7) is 1.70. The standard InChI is InChI=1S/C14H11FN2O2/c1-8-3-12(13(7-16)14(18)17-8)9-4-10(15)6-11(5-9)19-2/h3-6H,1-2H3,(H,17,18). The van der Waals surface area contributed by atoms with Crippen LogP contribution in [0.5, 0.6) is 5.75 Å². The molecule has 0 aliphatic carbocycles. The van der Waals surface area contributed by atoms with E-state index in [4.69, 9.17) is 10.00 Å². The van der Waals surface area contributed by atoms with Crippen LogP contribution in [0.3, 0.4) is 0 Å². The molecule has 1 aromatic heterocycles. The molecule has 0 saturated heterocycles. The molecule has 1 heterocycles. The monoisotopic (exact) mass is 258 g/mol. The van der Waals surface area contributed by atoms with Gasteiger partial charge in [-0.2, -0.15) is 5.26 Å². The third-order valence-corrected chi connectivity index (χ3v) is 2.70. The molecule has 19 heavy (non-hydrogen) atoms. The Morgan fingerprint density at radius 2 is 2.05 bits per heavy atom. The SMILES string of the molecule is COc1cc(F)cc(-c2cc(C)[nH]c(=O)c2C#N)c1. The van der Waals surface area contributed by atoms with Crippen LogP contribution in [0, 0.1) is 24.1 Å². The minimum Gasteiger partial charge on any atom is -0.497 e. The first kappa shape index (κ1) is 12.8. The van der Waals surface area contributed by atoms with Gasteiger partial charge in [-0.05, 0) is 30.7 Å². The van der Waals surface area contributed by atoms with E-state index in [0.717, 1.165) is 0 Å². The summed E-state index contributed by atoms with van der Waals surface area (Å²) in [5.74, 6) is -0.159. The Labute approximate surface area is 109 Å². The van der Waals surface area contributed by atoms with Crippen LogP contribution in [0.4, 0.5) is 4.39 Å². The number of aryl methyl sites for hydroxylation is 1. The van der Waals surface area contributed by atoms with Crippen molar-refractivity contribution in [2.75, 3.05) is 7.11 Å². The maximum Gasteiger partial charge on any atom is 0.266 e. The highest BCUT2D eigenvalue weighted by Crippen LogP contribution is 2.27. The molecule has 0 saturated carbocycles. The average molecular weight is 258 g/mol. The molecule has 0 amide bonds. The highest BCUT2D eigenvalue weighted by Gasteiger charge is 2.12. The van der Waals surface area contributed by atoms with Gasteiger partial charge in [-0.25, -0.2) is 4.39 Å². The lowest BCUT2D eigenvalue weighted by Gasteiger charge is -2.08. The number of H-pyrrole nitrogens is 1. The van der Waals surface area contributed by atoms with Crippen molar-refractivity contribution in [3.63, 3.8) is 0 Å².